The molecule has 0 bridgehead atoms. The van der Waals surface area contributed by atoms with Gasteiger partial charge in [0.2, 0.25) is 5.95 Å². The van der Waals surface area contributed by atoms with E-state index in [9.17, 15) is 13.2 Å². The normalized spacial score (nSPS) is 23.1. The van der Waals surface area contributed by atoms with Gasteiger partial charge in [-0.15, -0.1) is 0 Å². The summed E-state index contributed by atoms with van der Waals surface area (Å²) in [7, 11) is 0. The summed E-state index contributed by atoms with van der Waals surface area (Å²) in [5, 5.41) is 12.8. The van der Waals surface area contributed by atoms with Crippen LogP contribution >= 0.6 is 11.8 Å². The number of fused-ring (bicyclic) bond motifs is 1. The third kappa shape index (κ3) is 3.93. The minimum atomic E-state index is -2.68. The number of hydrogen-bond acceptors (Lipinski definition) is 8. The number of aliphatic imine (C=N–C) groups is 1. The Labute approximate surface area is 186 Å². The van der Waals surface area contributed by atoms with E-state index >= 15 is 0 Å². The number of pyridine rings is 3. The van der Waals surface area contributed by atoms with Crippen molar-refractivity contribution in [1.29, 1.82) is 5.26 Å². The number of hydrogen-bond donors (Lipinski definition) is 2. The van der Waals surface area contributed by atoms with Gasteiger partial charge in [-0.2, -0.15) is 9.65 Å². The number of nitrogens with zero attached hydrogens (tertiary/aromatic N) is 5. The van der Waals surface area contributed by atoms with Crippen molar-refractivity contribution in [2.45, 2.75) is 37.0 Å². The third-order valence-electron chi connectivity index (χ3n) is 5.26. The van der Waals surface area contributed by atoms with Crippen molar-refractivity contribution in [3.8, 4) is 6.07 Å². The Hall–Kier alpha value is -3.39. The predicted molar refractivity (Wildman–Crippen MR) is 117 cm³/mol. The van der Waals surface area contributed by atoms with E-state index in [1.165, 1.54) is 25.4 Å². The molecule has 11 heteroatoms. The van der Waals surface area contributed by atoms with Crippen molar-refractivity contribution in [2.75, 3.05) is 5.32 Å². The summed E-state index contributed by atoms with van der Waals surface area (Å²) in [5.41, 5.74) is 5.83. The second-order valence-corrected chi connectivity index (χ2v) is 9.43. The molecule has 4 heterocycles. The maximum atomic E-state index is 14.8. The first-order valence-electron chi connectivity index (χ1n) is 9.54. The molecular formula is C21H18F3N7S. The zero-order chi connectivity index (χ0) is 23.1. The Kier molecular flexibility index (Phi) is 5.42. The Balaban J connectivity index is 1.74. The van der Waals surface area contributed by atoms with E-state index in [2.05, 4.69) is 25.3 Å². The highest BCUT2D eigenvalue weighted by Gasteiger charge is 2.48. The van der Waals surface area contributed by atoms with Crippen LogP contribution in [0, 0.1) is 17.3 Å². The van der Waals surface area contributed by atoms with Gasteiger partial charge in [0, 0.05) is 23.3 Å². The van der Waals surface area contributed by atoms with Gasteiger partial charge in [0.05, 0.1) is 27.7 Å². The third-order valence-corrected chi connectivity index (χ3v) is 6.35. The zero-order valence-corrected chi connectivity index (χ0v) is 17.9. The van der Waals surface area contributed by atoms with Crippen LogP contribution in [0.1, 0.15) is 31.4 Å². The van der Waals surface area contributed by atoms with E-state index in [4.69, 9.17) is 11.0 Å². The van der Waals surface area contributed by atoms with E-state index in [1.54, 1.807) is 25.3 Å². The number of amidine groups is 1. The van der Waals surface area contributed by atoms with Crippen LogP contribution in [0.4, 0.5) is 24.7 Å². The fraction of sp³-hybridized carbons (Fsp3) is 0.286. The molecule has 0 saturated carbocycles. The number of halogens is 3. The van der Waals surface area contributed by atoms with E-state index in [-0.39, 0.29) is 17.2 Å². The molecule has 0 saturated heterocycles. The van der Waals surface area contributed by atoms with Crippen molar-refractivity contribution < 1.29 is 13.2 Å². The molecule has 164 valence electrons. The Bertz CT molecular complexity index is 1280. The molecule has 0 aromatic carbocycles. The van der Waals surface area contributed by atoms with Gasteiger partial charge in [-0.1, -0.05) is 11.8 Å². The number of nitriles is 1. The average Bonchev–Trinajstić information content (AvgIpc) is 2.73. The molecule has 1 aliphatic heterocycles. The molecule has 3 aromatic rings. The van der Waals surface area contributed by atoms with Gasteiger partial charge in [0.15, 0.2) is 11.0 Å². The lowest BCUT2D eigenvalue weighted by molar-refractivity contribution is 0.0892. The minimum absolute atomic E-state index is 0.0347. The summed E-state index contributed by atoms with van der Waals surface area (Å²) in [5.74, 6) is -0.447. The lowest BCUT2D eigenvalue weighted by atomic mass is 9.83. The van der Waals surface area contributed by atoms with E-state index in [0.29, 0.717) is 28.0 Å². The number of rotatable bonds is 4. The van der Waals surface area contributed by atoms with Crippen LogP contribution < -0.4 is 11.1 Å². The molecular weight excluding hydrogens is 439 g/mol. The van der Waals surface area contributed by atoms with Crippen molar-refractivity contribution in [1.82, 2.24) is 15.0 Å². The fourth-order valence-corrected chi connectivity index (χ4v) is 4.95. The molecule has 2 atom stereocenters. The summed E-state index contributed by atoms with van der Waals surface area (Å²) in [6.07, 6.45) is 1.43. The summed E-state index contributed by atoms with van der Waals surface area (Å²) in [4.78, 5) is 16.6. The summed E-state index contributed by atoms with van der Waals surface area (Å²) < 4.78 is 40.7. The molecule has 1 aliphatic rings. The smallest absolute Gasteiger partial charge is 0.253 e. The molecule has 0 radical (unpaired) electrons. The SMILES string of the molecule is C[C@]1(C(F)F)C[C@@](C)(c2cc(Nc3nccc4cc(C#N)cnc34)cnc2F)N=C(N)S1. The number of aromatic nitrogens is 3. The molecule has 0 spiro atoms. The van der Waals surface area contributed by atoms with Crippen LogP contribution in [-0.4, -0.2) is 31.3 Å². The summed E-state index contributed by atoms with van der Waals surface area (Å²) in [6.45, 7) is 2.95. The van der Waals surface area contributed by atoms with Gasteiger partial charge in [0.25, 0.3) is 6.43 Å². The number of nitrogens with one attached hydrogen (secondary N) is 1. The van der Waals surface area contributed by atoms with Crippen molar-refractivity contribution in [3.63, 3.8) is 0 Å². The number of alkyl halides is 2. The summed E-state index contributed by atoms with van der Waals surface area (Å²) >= 11 is 0.789. The molecule has 0 amide bonds. The molecule has 0 fully saturated rings. The van der Waals surface area contributed by atoms with Crippen LogP contribution in [-0.2, 0) is 5.54 Å². The van der Waals surface area contributed by atoms with Gasteiger partial charge < -0.3 is 11.1 Å². The average molecular weight is 457 g/mol. The predicted octanol–water partition coefficient (Wildman–Crippen LogP) is 4.47. The quantitative estimate of drug-likeness (QED) is 0.556. The molecule has 0 unspecified atom stereocenters. The van der Waals surface area contributed by atoms with Gasteiger partial charge in [0.1, 0.15) is 11.6 Å². The van der Waals surface area contributed by atoms with E-state index in [0.717, 1.165) is 11.8 Å². The molecule has 3 N–H and O–H groups in total. The standard InChI is InChI=1S/C21H18F3N7S/c1-20(10-21(2,18(23)24)32-19(26)31-20)14-6-13(9-29-16(14)22)30-17-15-12(3-4-27-17)5-11(7-25)8-28-15/h3-6,8-9,18H,10H2,1-2H3,(H2,26,31)(H,27,30)/t20-,21+/m0/s1. The molecule has 32 heavy (non-hydrogen) atoms. The van der Waals surface area contributed by atoms with Crippen LogP contribution in [0.25, 0.3) is 10.9 Å². The maximum Gasteiger partial charge on any atom is 0.253 e. The molecule has 7 nitrogen and oxygen atoms in total. The monoisotopic (exact) mass is 457 g/mol. The Morgan fingerprint density at radius 3 is 2.72 bits per heavy atom. The molecule has 0 aliphatic carbocycles. The summed E-state index contributed by atoms with van der Waals surface area (Å²) in [6, 6.07) is 6.88. The van der Waals surface area contributed by atoms with Gasteiger partial charge in [-0.3, -0.25) is 9.98 Å². The van der Waals surface area contributed by atoms with Crippen molar-refractivity contribution in [3.05, 3.63) is 53.9 Å². The van der Waals surface area contributed by atoms with Gasteiger partial charge in [-0.05, 0) is 38.5 Å². The molecule has 3 aromatic heterocycles. The van der Waals surface area contributed by atoms with Gasteiger partial charge in [-0.25, -0.2) is 18.7 Å². The van der Waals surface area contributed by atoms with Crippen LogP contribution in [0.2, 0.25) is 0 Å². The zero-order valence-electron chi connectivity index (χ0n) is 17.1. The van der Waals surface area contributed by atoms with Crippen LogP contribution in [0.15, 0.2) is 41.8 Å². The first-order chi connectivity index (χ1) is 15.1. The van der Waals surface area contributed by atoms with Gasteiger partial charge >= 0.3 is 0 Å². The fourth-order valence-electron chi connectivity index (χ4n) is 3.78. The lowest BCUT2D eigenvalue weighted by Gasteiger charge is -2.40. The van der Waals surface area contributed by atoms with Crippen LogP contribution in [0.5, 0.6) is 0 Å². The largest absolute Gasteiger partial charge is 0.378 e. The highest BCUT2D eigenvalue weighted by atomic mass is 32.2. The second kappa shape index (κ2) is 7.94. The highest BCUT2D eigenvalue weighted by Crippen LogP contribution is 2.48. The number of thioether (sulfide) groups is 1. The Morgan fingerprint density at radius 1 is 1.22 bits per heavy atom. The second-order valence-electron chi connectivity index (χ2n) is 7.87. The van der Waals surface area contributed by atoms with Crippen molar-refractivity contribution in [2.24, 2.45) is 10.7 Å². The van der Waals surface area contributed by atoms with Crippen LogP contribution in [0.3, 0.4) is 0 Å². The lowest BCUT2D eigenvalue weighted by Crippen LogP contribution is -2.44. The minimum Gasteiger partial charge on any atom is -0.378 e. The topological polar surface area (TPSA) is 113 Å². The highest BCUT2D eigenvalue weighted by molar-refractivity contribution is 8.15. The first kappa shape index (κ1) is 21.8. The number of nitrogens with two attached hydrogens (primary N) is 1. The maximum absolute atomic E-state index is 14.8. The first-order valence-corrected chi connectivity index (χ1v) is 10.4. The molecule has 4 rings (SSSR count). The van der Waals surface area contributed by atoms with E-state index < -0.39 is 22.7 Å². The number of anilines is 2. The Morgan fingerprint density at radius 2 is 2.00 bits per heavy atom. The van der Waals surface area contributed by atoms with Crippen molar-refractivity contribution >= 4 is 39.3 Å². The van der Waals surface area contributed by atoms with E-state index in [1.807, 2.05) is 6.07 Å².